The van der Waals surface area contributed by atoms with Crippen LogP contribution in [0.4, 0.5) is 0 Å². The minimum absolute atomic E-state index is 0.0310. The fourth-order valence-electron chi connectivity index (χ4n) is 9.68. The highest BCUT2D eigenvalue weighted by Crippen LogP contribution is 2.68. The van der Waals surface area contributed by atoms with Crippen LogP contribution in [-0.4, -0.2) is 27.7 Å². The van der Waals surface area contributed by atoms with Gasteiger partial charge in [0.15, 0.2) is 5.78 Å². The highest BCUT2D eigenvalue weighted by molar-refractivity contribution is 5.89. The van der Waals surface area contributed by atoms with Gasteiger partial charge in [-0.1, -0.05) is 54.4 Å². The molecule has 0 amide bonds. The number of hydrogen-bond acceptors (Lipinski definition) is 3. The molecule has 0 saturated heterocycles. The summed E-state index contributed by atoms with van der Waals surface area (Å²) < 4.78 is 0. The molecule has 0 spiro atoms. The molecule has 184 valence electrons. The van der Waals surface area contributed by atoms with Gasteiger partial charge in [0.2, 0.25) is 0 Å². The summed E-state index contributed by atoms with van der Waals surface area (Å²) in [6.45, 7) is 14.3. The molecule has 10 atom stereocenters. The van der Waals surface area contributed by atoms with Crippen LogP contribution in [0.25, 0.3) is 0 Å². The van der Waals surface area contributed by atoms with Gasteiger partial charge in [0.1, 0.15) is 5.60 Å². The summed E-state index contributed by atoms with van der Waals surface area (Å²) >= 11 is 0. The molecule has 0 aliphatic heterocycles. The van der Waals surface area contributed by atoms with Gasteiger partial charge in [-0.05, 0) is 91.8 Å². The van der Waals surface area contributed by atoms with Crippen molar-refractivity contribution in [2.75, 3.05) is 0 Å². The number of aliphatic hydroxyl groups excluding tert-OH is 1. The van der Waals surface area contributed by atoms with E-state index in [1.54, 1.807) is 0 Å². The highest BCUT2D eigenvalue weighted by Gasteiger charge is 2.67. The molecule has 0 aromatic carbocycles. The van der Waals surface area contributed by atoms with E-state index in [1.165, 1.54) is 38.5 Å². The lowest BCUT2D eigenvalue weighted by atomic mass is 9.42. The van der Waals surface area contributed by atoms with Gasteiger partial charge in [-0.25, -0.2) is 0 Å². The predicted molar refractivity (Wildman–Crippen MR) is 130 cm³/mol. The molecule has 0 radical (unpaired) electrons. The van der Waals surface area contributed by atoms with E-state index in [-0.39, 0.29) is 17.6 Å². The van der Waals surface area contributed by atoms with E-state index in [4.69, 9.17) is 0 Å². The number of carbonyl (C=O) groups is 1. The zero-order valence-corrected chi connectivity index (χ0v) is 21.7. The second-order valence-corrected chi connectivity index (χ2v) is 13.4. The Bertz CT molecular complexity index is 703. The maximum absolute atomic E-state index is 13.4. The molecule has 0 aromatic rings. The zero-order chi connectivity index (χ0) is 23.5. The minimum Gasteiger partial charge on any atom is -0.393 e. The summed E-state index contributed by atoms with van der Waals surface area (Å²) in [5, 5.41) is 21.8. The Morgan fingerprint density at radius 2 is 1.72 bits per heavy atom. The first-order chi connectivity index (χ1) is 15.0. The van der Waals surface area contributed by atoms with Crippen LogP contribution < -0.4 is 0 Å². The topological polar surface area (TPSA) is 57.5 Å². The molecule has 4 aliphatic rings. The number of ketones is 1. The Labute approximate surface area is 197 Å². The first kappa shape index (κ1) is 24.7. The van der Waals surface area contributed by atoms with Gasteiger partial charge < -0.3 is 10.2 Å². The monoisotopic (exact) mass is 446 g/mol. The lowest BCUT2D eigenvalue weighted by Gasteiger charge is -2.63. The van der Waals surface area contributed by atoms with E-state index in [2.05, 4.69) is 41.5 Å². The third-order valence-electron chi connectivity index (χ3n) is 11.8. The third kappa shape index (κ3) is 3.63. The Kier molecular flexibility index (Phi) is 6.69. The van der Waals surface area contributed by atoms with Crippen molar-refractivity contribution in [1.82, 2.24) is 0 Å². The number of Topliss-reactive ketones (excluding diaryl/α,β-unsaturated/α-hetero) is 1. The average molecular weight is 447 g/mol. The van der Waals surface area contributed by atoms with Crippen molar-refractivity contribution in [3.63, 3.8) is 0 Å². The smallest absolute Gasteiger partial charge is 0.165 e. The van der Waals surface area contributed by atoms with Gasteiger partial charge in [0.25, 0.3) is 0 Å². The number of hydrogen-bond donors (Lipinski definition) is 2. The Hall–Kier alpha value is -0.410. The maximum Gasteiger partial charge on any atom is 0.165 e. The van der Waals surface area contributed by atoms with Crippen LogP contribution in [0.1, 0.15) is 112 Å². The average Bonchev–Trinajstić information content (AvgIpc) is 3.08. The summed E-state index contributed by atoms with van der Waals surface area (Å²) in [5.74, 6) is 4.65. The summed E-state index contributed by atoms with van der Waals surface area (Å²) in [4.78, 5) is 13.4. The third-order valence-corrected chi connectivity index (χ3v) is 11.8. The van der Waals surface area contributed by atoms with Gasteiger partial charge in [0.05, 0.1) is 6.10 Å². The molecule has 3 heteroatoms. The molecule has 0 aromatic heterocycles. The normalized spacial score (nSPS) is 48.2. The van der Waals surface area contributed by atoms with E-state index in [0.717, 1.165) is 42.9 Å². The molecule has 4 fully saturated rings. The summed E-state index contributed by atoms with van der Waals surface area (Å²) in [5.41, 5.74) is -1.32. The highest BCUT2D eigenvalue weighted by atomic mass is 16.3. The number of carbonyl (C=O) groups excluding carboxylic acids is 1. The van der Waals surface area contributed by atoms with Crippen LogP contribution >= 0.6 is 0 Å². The molecule has 2 N–H and O–H groups in total. The van der Waals surface area contributed by atoms with Crippen molar-refractivity contribution < 1.29 is 15.0 Å². The van der Waals surface area contributed by atoms with E-state index in [9.17, 15) is 15.0 Å². The van der Waals surface area contributed by atoms with Gasteiger partial charge in [0, 0.05) is 18.3 Å². The van der Waals surface area contributed by atoms with Crippen molar-refractivity contribution in [2.45, 2.75) is 124 Å². The number of aliphatic hydroxyl groups is 2. The summed E-state index contributed by atoms with van der Waals surface area (Å²) in [6, 6.07) is 0. The summed E-state index contributed by atoms with van der Waals surface area (Å²) in [6.07, 6.45) is 10.7. The van der Waals surface area contributed by atoms with Crippen LogP contribution in [0, 0.1) is 52.3 Å². The molecular weight excluding hydrogens is 396 g/mol. The fraction of sp³-hybridized carbons (Fsp3) is 0.966. The quantitative estimate of drug-likeness (QED) is 0.496. The van der Waals surface area contributed by atoms with Crippen molar-refractivity contribution in [2.24, 2.45) is 52.3 Å². The first-order valence-corrected chi connectivity index (χ1v) is 13.9. The maximum atomic E-state index is 13.4. The van der Waals surface area contributed by atoms with Crippen molar-refractivity contribution in [3.05, 3.63) is 0 Å². The predicted octanol–water partition coefficient (Wildman–Crippen LogP) is 6.40. The van der Waals surface area contributed by atoms with Crippen molar-refractivity contribution in [1.29, 1.82) is 0 Å². The van der Waals surface area contributed by atoms with Gasteiger partial charge in [-0.3, -0.25) is 4.79 Å². The second-order valence-electron chi connectivity index (χ2n) is 13.4. The van der Waals surface area contributed by atoms with Gasteiger partial charge in [-0.2, -0.15) is 0 Å². The van der Waals surface area contributed by atoms with E-state index in [1.807, 2.05) is 0 Å². The standard InChI is InChI=1S/C29H50O3/c1-7-20(18(2)3)9-8-19(4)23-10-11-24-22-16-26(31)29(32)17-21(30)12-15-28(29,6)25(22)13-14-27(23,24)5/h18-25,30,32H,7-17H2,1-6H3/t19-,20-,21?,22+,23-,24+,25+,27-,28-,29?/m1/s1. The first-order valence-electron chi connectivity index (χ1n) is 13.9. The van der Waals surface area contributed by atoms with Crippen LogP contribution in [0.5, 0.6) is 0 Å². The molecule has 4 aliphatic carbocycles. The lowest BCUT2D eigenvalue weighted by Crippen LogP contribution is -2.67. The molecule has 3 nitrogen and oxygen atoms in total. The number of fused-ring (bicyclic) bond motifs is 5. The second kappa shape index (κ2) is 8.67. The Morgan fingerprint density at radius 1 is 1.00 bits per heavy atom. The van der Waals surface area contributed by atoms with E-state index >= 15 is 0 Å². The fourth-order valence-corrected chi connectivity index (χ4v) is 9.68. The largest absolute Gasteiger partial charge is 0.393 e. The van der Waals surface area contributed by atoms with Crippen LogP contribution in [0.15, 0.2) is 0 Å². The molecule has 0 bridgehead atoms. The van der Waals surface area contributed by atoms with Crippen molar-refractivity contribution in [3.8, 4) is 0 Å². The van der Waals surface area contributed by atoms with Gasteiger partial charge in [-0.15, -0.1) is 0 Å². The zero-order valence-electron chi connectivity index (χ0n) is 21.7. The van der Waals surface area contributed by atoms with Crippen LogP contribution in [0.2, 0.25) is 0 Å². The molecule has 32 heavy (non-hydrogen) atoms. The summed E-state index contributed by atoms with van der Waals surface area (Å²) in [7, 11) is 0. The van der Waals surface area contributed by atoms with Gasteiger partial charge >= 0.3 is 0 Å². The number of rotatable bonds is 6. The van der Waals surface area contributed by atoms with Crippen LogP contribution in [-0.2, 0) is 4.79 Å². The Balaban J connectivity index is 1.52. The van der Waals surface area contributed by atoms with E-state index in [0.29, 0.717) is 29.6 Å². The molecule has 4 saturated carbocycles. The van der Waals surface area contributed by atoms with Crippen molar-refractivity contribution >= 4 is 5.78 Å². The van der Waals surface area contributed by atoms with Crippen LogP contribution in [0.3, 0.4) is 0 Å². The molecule has 0 heterocycles. The minimum atomic E-state index is -1.31. The molecule has 2 unspecified atom stereocenters. The molecule has 4 rings (SSSR count). The lowest BCUT2D eigenvalue weighted by molar-refractivity contribution is -0.213. The Morgan fingerprint density at radius 3 is 2.38 bits per heavy atom. The molecular formula is C29H50O3. The van der Waals surface area contributed by atoms with E-state index < -0.39 is 11.7 Å². The SMILES string of the molecule is CC[C@H](CC[C@@H](C)[C@H]1CC[C@H]2[C@@H]3CC(=O)C4(O)CC(O)CC[C@]4(C)[C@H]3CC[C@]12C)C(C)C.